The average Bonchev–Trinajstić information content (AvgIpc) is 2.38. The molecule has 0 radical (unpaired) electrons. The van der Waals surface area contributed by atoms with E-state index >= 15 is 0 Å². The molecule has 0 fully saturated rings. The van der Waals surface area contributed by atoms with E-state index < -0.39 is 0 Å². The molecule has 2 aromatic rings. The molecule has 0 atom stereocenters. The summed E-state index contributed by atoms with van der Waals surface area (Å²) < 4.78 is 12.7. The van der Waals surface area contributed by atoms with Crippen LogP contribution < -0.4 is 0 Å². The number of hydrogen-bond donors (Lipinski definition) is 0. The zero-order valence-corrected chi connectivity index (χ0v) is 10.5. The van der Waals surface area contributed by atoms with Gasteiger partial charge in [0.05, 0.1) is 17.3 Å². The molecular weight excluding hydrogens is 259 g/mol. The number of halogens is 2. The van der Waals surface area contributed by atoms with Gasteiger partial charge in [-0.05, 0) is 30.3 Å². The molecular formula is C12H10ClFN2S. The molecule has 0 spiro atoms. The molecule has 0 amide bonds. The van der Waals surface area contributed by atoms with Crippen LogP contribution in [0.25, 0.3) is 0 Å². The Labute approximate surface area is 108 Å². The molecule has 5 heteroatoms. The maximum Gasteiger partial charge on any atom is 0.138 e. The SMILES string of the molecule is Fc1ccc(SCc2nccc(CCl)n2)cc1. The summed E-state index contributed by atoms with van der Waals surface area (Å²) in [6.45, 7) is 0. The smallest absolute Gasteiger partial charge is 0.138 e. The van der Waals surface area contributed by atoms with Gasteiger partial charge in [0, 0.05) is 11.1 Å². The van der Waals surface area contributed by atoms with Gasteiger partial charge in [0.25, 0.3) is 0 Å². The zero-order valence-electron chi connectivity index (χ0n) is 8.94. The van der Waals surface area contributed by atoms with Crippen LogP contribution in [0.1, 0.15) is 11.5 Å². The normalized spacial score (nSPS) is 10.5. The second-order valence-electron chi connectivity index (χ2n) is 3.34. The van der Waals surface area contributed by atoms with Crippen LogP contribution >= 0.6 is 23.4 Å². The van der Waals surface area contributed by atoms with E-state index in [0.717, 1.165) is 16.4 Å². The van der Waals surface area contributed by atoms with Gasteiger partial charge < -0.3 is 0 Å². The van der Waals surface area contributed by atoms with Gasteiger partial charge in [0.1, 0.15) is 11.6 Å². The Morgan fingerprint density at radius 2 is 1.94 bits per heavy atom. The number of hydrogen-bond acceptors (Lipinski definition) is 3. The van der Waals surface area contributed by atoms with Crippen molar-refractivity contribution >= 4 is 23.4 Å². The number of alkyl halides is 1. The van der Waals surface area contributed by atoms with Gasteiger partial charge in [-0.2, -0.15) is 0 Å². The van der Waals surface area contributed by atoms with Crippen LogP contribution in [0.5, 0.6) is 0 Å². The lowest BCUT2D eigenvalue weighted by Crippen LogP contribution is -1.95. The molecule has 0 aliphatic carbocycles. The summed E-state index contributed by atoms with van der Waals surface area (Å²) in [5, 5.41) is 0. The predicted molar refractivity (Wildman–Crippen MR) is 67.6 cm³/mol. The molecule has 0 aliphatic rings. The molecule has 1 heterocycles. The molecule has 0 saturated carbocycles. The topological polar surface area (TPSA) is 25.8 Å². The van der Waals surface area contributed by atoms with E-state index in [9.17, 15) is 4.39 Å². The highest BCUT2D eigenvalue weighted by atomic mass is 35.5. The van der Waals surface area contributed by atoms with E-state index in [1.54, 1.807) is 36.2 Å². The fraction of sp³-hybridized carbons (Fsp3) is 0.167. The monoisotopic (exact) mass is 268 g/mol. The Kier molecular flexibility index (Phi) is 4.34. The number of nitrogens with zero attached hydrogens (tertiary/aromatic N) is 2. The van der Waals surface area contributed by atoms with Gasteiger partial charge in [0.2, 0.25) is 0 Å². The van der Waals surface area contributed by atoms with Crippen molar-refractivity contribution in [2.75, 3.05) is 0 Å². The van der Waals surface area contributed by atoms with E-state index in [2.05, 4.69) is 9.97 Å². The Bertz CT molecular complexity index is 490. The van der Waals surface area contributed by atoms with Gasteiger partial charge in [-0.3, -0.25) is 0 Å². The molecule has 0 N–H and O–H groups in total. The summed E-state index contributed by atoms with van der Waals surface area (Å²) in [5.74, 6) is 1.54. The molecule has 17 heavy (non-hydrogen) atoms. The van der Waals surface area contributed by atoms with Crippen LogP contribution in [0.4, 0.5) is 4.39 Å². The highest BCUT2D eigenvalue weighted by Gasteiger charge is 2.01. The lowest BCUT2D eigenvalue weighted by atomic mass is 10.4. The summed E-state index contributed by atoms with van der Waals surface area (Å²) in [5.41, 5.74) is 0.816. The maximum absolute atomic E-state index is 12.7. The van der Waals surface area contributed by atoms with Gasteiger partial charge in [-0.1, -0.05) is 0 Å². The minimum absolute atomic E-state index is 0.227. The number of rotatable bonds is 4. The third kappa shape index (κ3) is 3.68. The summed E-state index contributed by atoms with van der Waals surface area (Å²) in [7, 11) is 0. The summed E-state index contributed by atoms with van der Waals surface area (Å²) >= 11 is 7.26. The first-order valence-electron chi connectivity index (χ1n) is 5.03. The Balaban J connectivity index is 1.99. The van der Waals surface area contributed by atoms with E-state index in [-0.39, 0.29) is 5.82 Å². The van der Waals surface area contributed by atoms with E-state index in [1.807, 2.05) is 0 Å². The third-order valence-electron chi connectivity index (χ3n) is 2.08. The van der Waals surface area contributed by atoms with Crippen LogP contribution in [0.15, 0.2) is 41.4 Å². The van der Waals surface area contributed by atoms with Crippen LogP contribution in [-0.4, -0.2) is 9.97 Å². The average molecular weight is 269 g/mol. The number of aromatic nitrogens is 2. The molecule has 0 saturated heterocycles. The first-order chi connectivity index (χ1) is 8.28. The second-order valence-corrected chi connectivity index (χ2v) is 4.66. The van der Waals surface area contributed by atoms with Crippen molar-refractivity contribution in [1.29, 1.82) is 0 Å². The maximum atomic E-state index is 12.7. The lowest BCUT2D eigenvalue weighted by Gasteiger charge is -2.02. The van der Waals surface area contributed by atoms with Crippen LogP contribution in [-0.2, 0) is 11.6 Å². The first-order valence-corrected chi connectivity index (χ1v) is 6.55. The van der Waals surface area contributed by atoms with Crippen molar-refractivity contribution in [3.05, 3.63) is 53.9 Å². The van der Waals surface area contributed by atoms with Crippen molar-refractivity contribution in [3.8, 4) is 0 Å². The lowest BCUT2D eigenvalue weighted by molar-refractivity contribution is 0.626. The Morgan fingerprint density at radius 1 is 1.18 bits per heavy atom. The fourth-order valence-electron chi connectivity index (χ4n) is 1.26. The molecule has 1 aromatic heterocycles. The van der Waals surface area contributed by atoms with Crippen molar-refractivity contribution in [2.45, 2.75) is 16.5 Å². The van der Waals surface area contributed by atoms with Crippen molar-refractivity contribution in [3.63, 3.8) is 0 Å². The molecule has 0 unspecified atom stereocenters. The van der Waals surface area contributed by atoms with Gasteiger partial charge >= 0.3 is 0 Å². The van der Waals surface area contributed by atoms with Crippen LogP contribution in [0.3, 0.4) is 0 Å². The van der Waals surface area contributed by atoms with Gasteiger partial charge in [-0.15, -0.1) is 23.4 Å². The summed E-state index contributed by atoms with van der Waals surface area (Å²) in [6, 6.07) is 8.16. The van der Waals surface area contributed by atoms with Gasteiger partial charge in [-0.25, -0.2) is 14.4 Å². The van der Waals surface area contributed by atoms with Crippen molar-refractivity contribution in [2.24, 2.45) is 0 Å². The number of benzene rings is 1. The summed E-state index contributed by atoms with van der Waals surface area (Å²) in [4.78, 5) is 9.43. The van der Waals surface area contributed by atoms with E-state index in [4.69, 9.17) is 11.6 Å². The minimum Gasteiger partial charge on any atom is -0.240 e. The van der Waals surface area contributed by atoms with Crippen molar-refractivity contribution < 1.29 is 4.39 Å². The highest BCUT2D eigenvalue weighted by molar-refractivity contribution is 7.98. The first kappa shape index (κ1) is 12.3. The van der Waals surface area contributed by atoms with Crippen molar-refractivity contribution in [1.82, 2.24) is 9.97 Å². The fourth-order valence-corrected chi connectivity index (χ4v) is 2.18. The number of thioether (sulfide) groups is 1. The molecule has 2 rings (SSSR count). The molecule has 88 valence electrons. The third-order valence-corrected chi connectivity index (χ3v) is 3.36. The van der Waals surface area contributed by atoms with Gasteiger partial charge in [0.15, 0.2) is 0 Å². The molecule has 1 aromatic carbocycles. The van der Waals surface area contributed by atoms with E-state index in [0.29, 0.717) is 11.6 Å². The largest absolute Gasteiger partial charge is 0.240 e. The predicted octanol–water partition coefficient (Wildman–Crippen LogP) is 3.65. The minimum atomic E-state index is -0.227. The highest BCUT2D eigenvalue weighted by Crippen LogP contribution is 2.21. The van der Waals surface area contributed by atoms with Crippen LogP contribution in [0, 0.1) is 5.82 Å². The standard InChI is InChI=1S/C12H10ClFN2S/c13-7-10-5-6-15-12(16-10)8-17-11-3-1-9(14)2-4-11/h1-6H,7-8H2. The molecule has 2 nitrogen and oxygen atoms in total. The second kappa shape index (κ2) is 5.98. The summed E-state index contributed by atoms with van der Waals surface area (Å²) in [6.07, 6.45) is 1.70. The zero-order chi connectivity index (χ0) is 12.1. The van der Waals surface area contributed by atoms with Crippen LogP contribution in [0.2, 0.25) is 0 Å². The molecule has 0 aliphatic heterocycles. The molecule has 0 bridgehead atoms. The Morgan fingerprint density at radius 3 is 2.65 bits per heavy atom. The van der Waals surface area contributed by atoms with E-state index in [1.165, 1.54) is 12.1 Å². The Hall–Kier alpha value is -1.13. The quantitative estimate of drug-likeness (QED) is 0.625.